The van der Waals surface area contributed by atoms with Crippen molar-refractivity contribution in [3.05, 3.63) is 64.4 Å². The lowest BCUT2D eigenvalue weighted by Crippen LogP contribution is -2.45. The monoisotopic (exact) mass is 485 g/mol. The van der Waals surface area contributed by atoms with Gasteiger partial charge in [0.25, 0.3) is 5.91 Å². The van der Waals surface area contributed by atoms with Crippen LogP contribution in [-0.2, 0) is 22.5 Å². The number of hydrogen-bond donors (Lipinski definition) is 0. The van der Waals surface area contributed by atoms with Gasteiger partial charge in [0.15, 0.2) is 6.61 Å². The summed E-state index contributed by atoms with van der Waals surface area (Å²) < 4.78 is 24.5. The van der Waals surface area contributed by atoms with E-state index in [0.29, 0.717) is 62.9 Å². The molecule has 2 aromatic carbocycles. The van der Waals surface area contributed by atoms with Gasteiger partial charge in [-0.05, 0) is 55.2 Å². The molecule has 0 N–H and O–H groups in total. The van der Waals surface area contributed by atoms with Gasteiger partial charge < -0.3 is 14.4 Å². The summed E-state index contributed by atoms with van der Waals surface area (Å²) in [6, 6.07) is 14.2. The van der Waals surface area contributed by atoms with Crippen molar-refractivity contribution < 1.29 is 18.7 Å². The van der Waals surface area contributed by atoms with E-state index in [2.05, 4.69) is 11.0 Å². The Bertz CT molecular complexity index is 1030. The van der Waals surface area contributed by atoms with E-state index in [0.717, 1.165) is 24.2 Å². The minimum absolute atomic E-state index is 0.0603. The molecule has 2 aromatic rings. The van der Waals surface area contributed by atoms with Crippen LogP contribution in [0.3, 0.4) is 0 Å². The summed E-state index contributed by atoms with van der Waals surface area (Å²) in [5, 5.41) is 10.5. The summed E-state index contributed by atoms with van der Waals surface area (Å²) in [4.78, 5) is 16.9. The van der Waals surface area contributed by atoms with Crippen molar-refractivity contribution in [3.8, 4) is 11.8 Å². The highest BCUT2D eigenvalue weighted by Crippen LogP contribution is 2.35. The Balaban J connectivity index is 1.32. The molecule has 0 bridgehead atoms. The lowest BCUT2D eigenvalue weighted by atomic mass is 9.75. The number of nitrogens with zero attached hydrogens (tertiary/aromatic N) is 3. The number of halogens is 2. The second kappa shape index (κ2) is 11.2. The standard InChI is InChI=1S/C26H29ClFN3O3/c27-22-3-6-24(21(15-22)17-30-11-13-33-14-12-30)34-18-25(32)31-9-7-26(19-29,8-10-31)16-20-1-4-23(28)5-2-20/h1-6,15H,7-14,16-18H2. The molecular formula is C26H29ClFN3O3. The number of hydrogen-bond acceptors (Lipinski definition) is 5. The number of rotatable bonds is 7. The number of amides is 1. The predicted octanol–water partition coefficient (Wildman–Crippen LogP) is 4.07. The second-order valence-electron chi connectivity index (χ2n) is 9.01. The fraction of sp³-hybridized carbons (Fsp3) is 0.462. The molecule has 0 spiro atoms. The van der Waals surface area contributed by atoms with Gasteiger partial charge in [0.2, 0.25) is 0 Å². The average molecular weight is 486 g/mol. The zero-order valence-corrected chi connectivity index (χ0v) is 19.9. The predicted molar refractivity (Wildman–Crippen MR) is 127 cm³/mol. The zero-order chi connectivity index (χ0) is 24.0. The van der Waals surface area contributed by atoms with Crippen LogP contribution in [0.25, 0.3) is 0 Å². The van der Waals surface area contributed by atoms with Gasteiger partial charge in [0.05, 0.1) is 24.7 Å². The quantitative estimate of drug-likeness (QED) is 0.591. The van der Waals surface area contributed by atoms with Crippen LogP contribution < -0.4 is 4.74 Å². The summed E-state index contributed by atoms with van der Waals surface area (Å²) in [5.74, 6) is 0.272. The molecule has 2 aliphatic rings. The van der Waals surface area contributed by atoms with Gasteiger partial charge in [-0.1, -0.05) is 23.7 Å². The molecule has 2 heterocycles. The number of carbonyl (C=O) groups is 1. The van der Waals surface area contributed by atoms with E-state index in [-0.39, 0.29) is 18.3 Å². The highest BCUT2D eigenvalue weighted by Gasteiger charge is 2.36. The topological polar surface area (TPSA) is 65.8 Å². The Hall–Kier alpha value is -2.66. The van der Waals surface area contributed by atoms with Crippen LogP contribution in [0.1, 0.15) is 24.0 Å². The summed E-state index contributed by atoms with van der Waals surface area (Å²) in [6.45, 7) is 4.72. The molecule has 2 aliphatic heterocycles. The fourth-order valence-electron chi connectivity index (χ4n) is 4.55. The third-order valence-electron chi connectivity index (χ3n) is 6.64. The summed E-state index contributed by atoms with van der Waals surface area (Å²) in [5.41, 5.74) is 1.34. The Kier molecular flexibility index (Phi) is 8.04. The van der Waals surface area contributed by atoms with E-state index < -0.39 is 5.41 Å². The van der Waals surface area contributed by atoms with Gasteiger partial charge in [0.1, 0.15) is 11.6 Å². The van der Waals surface area contributed by atoms with E-state index in [9.17, 15) is 14.4 Å². The molecule has 8 heteroatoms. The highest BCUT2D eigenvalue weighted by atomic mass is 35.5. The zero-order valence-electron chi connectivity index (χ0n) is 19.1. The van der Waals surface area contributed by atoms with Crippen LogP contribution in [0.15, 0.2) is 42.5 Å². The van der Waals surface area contributed by atoms with Crippen LogP contribution in [0.4, 0.5) is 4.39 Å². The molecule has 1 amide bonds. The molecule has 0 atom stereocenters. The first kappa shape index (κ1) is 24.5. The number of nitriles is 1. The maximum Gasteiger partial charge on any atom is 0.260 e. The summed E-state index contributed by atoms with van der Waals surface area (Å²) in [6.07, 6.45) is 1.71. The molecule has 34 heavy (non-hydrogen) atoms. The van der Waals surface area contributed by atoms with E-state index >= 15 is 0 Å². The molecule has 2 fully saturated rings. The van der Waals surface area contributed by atoms with Gasteiger partial charge in [-0.15, -0.1) is 0 Å². The van der Waals surface area contributed by atoms with Crippen molar-refractivity contribution in [1.82, 2.24) is 9.80 Å². The van der Waals surface area contributed by atoms with Crippen LogP contribution in [0.2, 0.25) is 5.02 Å². The number of benzene rings is 2. The number of likely N-dealkylation sites (tertiary alicyclic amines) is 1. The second-order valence-corrected chi connectivity index (χ2v) is 9.44. The lowest BCUT2D eigenvalue weighted by Gasteiger charge is -2.37. The normalized spacial score (nSPS) is 18.3. The van der Waals surface area contributed by atoms with Gasteiger partial charge in [-0.3, -0.25) is 9.69 Å². The smallest absolute Gasteiger partial charge is 0.260 e. The molecule has 180 valence electrons. The van der Waals surface area contributed by atoms with Crippen molar-refractivity contribution >= 4 is 17.5 Å². The maximum absolute atomic E-state index is 13.2. The molecule has 0 aliphatic carbocycles. The fourth-order valence-corrected chi connectivity index (χ4v) is 4.74. The Morgan fingerprint density at radius 1 is 1.12 bits per heavy atom. The SMILES string of the molecule is N#CC1(Cc2ccc(F)cc2)CCN(C(=O)COc2ccc(Cl)cc2CN2CCOCC2)CC1. The number of piperidine rings is 1. The number of ether oxygens (including phenoxy) is 2. The molecular weight excluding hydrogens is 457 g/mol. The van der Waals surface area contributed by atoms with Crippen LogP contribution >= 0.6 is 11.6 Å². The van der Waals surface area contributed by atoms with Crippen LogP contribution in [0, 0.1) is 22.6 Å². The molecule has 4 rings (SSSR count). The largest absolute Gasteiger partial charge is 0.483 e. The van der Waals surface area contributed by atoms with Crippen LogP contribution in [0.5, 0.6) is 5.75 Å². The van der Waals surface area contributed by atoms with Gasteiger partial charge in [0, 0.05) is 43.3 Å². The Labute approximate surface area is 204 Å². The van der Waals surface area contributed by atoms with Gasteiger partial charge >= 0.3 is 0 Å². The minimum Gasteiger partial charge on any atom is -0.483 e. The number of carbonyl (C=O) groups excluding carboxylic acids is 1. The molecule has 0 saturated carbocycles. The van der Waals surface area contributed by atoms with Crippen molar-refractivity contribution in [2.45, 2.75) is 25.8 Å². The highest BCUT2D eigenvalue weighted by molar-refractivity contribution is 6.30. The average Bonchev–Trinajstić information content (AvgIpc) is 2.86. The van der Waals surface area contributed by atoms with E-state index in [4.69, 9.17) is 21.1 Å². The first-order valence-electron chi connectivity index (χ1n) is 11.6. The van der Waals surface area contributed by atoms with E-state index in [1.807, 2.05) is 12.1 Å². The van der Waals surface area contributed by atoms with Crippen LogP contribution in [-0.4, -0.2) is 61.7 Å². The Morgan fingerprint density at radius 2 is 1.82 bits per heavy atom. The maximum atomic E-state index is 13.2. The van der Waals surface area contributed by atoms with E-state index in [1.165, 1.54) is 12.1 Å². The third-order valence-corrected chi connectivity index (χ3v) is 6.87. The number of morpholine rings is 1. The lowest BCUT2D eigenvalue weighted by molar-refractivity contribution is -0.135. The molecule has 0 radical (unpaired) electrons. The third kappa shape index (κ3) is 6.26. The summed E-state index contributed by atoms with van der Waals surface area (Å²) >= 11 is 6.21. The molecule has 0 aromatic heterocycles. The summed E-state index contributed by atoms with van der Waals surface area (Å²) in [7, 11) is 0. The van der Waals surface area contributed by atoms with Crippen molar-refractivity contribution in [2.75, 3.05) is 46.0 Å². The van der Waals surface area contributed by atoms with E-state index in [1.54, 1.807) is 23.1 Å². The van der Waals surface area contributed by atoms with Crippen molar-refractivity contribution in [2.24, 2.45) is 5.41 Å². The van der Waals surface area contributed by atoms with Gasteiger partial charge in [-0.25, -0.2) is 4.39 Å². The molecule has 0 unspecified atom stereocenters. The molecule has 2 saturated heterocycles. The van der Waals surface area contributed by atoms with Gasteiger partial charge in [-0.2, -0.15) is 5.26 Å². The van der Waals surface area contributed by atoms with Crippen molar-refractivity contribution in [1.29, 1.82) is 5.26 Å². The minimum atomic E-state index is -0.545. The first-order valence-corrected chi connectivity index (χ1v) is 12.0. The Morgan fingerprint density at radius 3 is 2.50 bits per heavy atom. The van der Waals surface area contributed by atoms with Crippen molar-refractivity contribution in [3.63, 3.8) is 0 Å². The molecule has 6 nitrogen and oxygen atoms in total. The first-order chi connectivity index (χ1) is 16.5.